The van der Waals surface area contributed by atoms with Gasteiger partial charge in [-0.3, -0.25) is 14.6 Å². The third-order valence-corrected chi connectivity index (χ3v) is 8.60. The molecule has 0 aliphatic carbocycles. The number of amides is 2. The van der Waals surface area contributed by atoms with Crippen molar-refractivity contribution in [1.82, 2.24) is 14.2 Å². The van der Waals surface area contributed by atoms with Crippen molar-refractivity contribution in [3.8, 4) is 5.75 Å². The normalized spacial score (nSPS) is 16.0. The van der Waals surface area contributed by atoms with Crippen molar-refractivity contribution in [2.24, 2.45) is 5.73 Å². The molecule has 0 atom stereocenters. The van der Waals surface area contributed by atoms with E-state index in [2.05, 4.69) is 10.3 Å². The average Bonchev–Trinajstić information content (AvgIpc) is 3.34. The highest BCUT2D eigenvalue weighted by Crippen LogP contribution is 2.37. The molecule has 0 spiro atoms. The number of hydrogen-bond acceptors (Lipinski definition) is 7. The van der Waals surface area contributed by atoms with Crippen molar-refractivity contribution in [2.45, 2.75) is 25.2 Å². The van der Waals surface area contributed by atoms with Crippen LogP contribution >= 0.6 is 0 Å². The molecule has 0 unspecified atom stereocenters. The topological polar surface area (TPSA) is 135 Å². The Hall–Kier alpha value is -3.70. The average molecular weight is 510 g/mol. The molecule has 0 radical (unpaired) electrons. The van der Waals surface area contributed by atoms with Gasteiger partial charge in [-0.05, 0) is 36.8 Å². The highest BCUT2D eigenvalue weighted by atomic mass is 32.2. The summed E-state index contributed by atoms with van der Waals surface area (Å²) in [6.07, 6.45) is 2.12. The van der Waals surface area contributed by atoms with E-state index < -0.39 is 15.9 Å². The second-order valence-electron chi connectivity index (χ2n) is 8.96. The second kappa shape index (κ2) is 9.07. The molecule has 2 amide bonds. The predicted octanol–water partition coefficient (Wildman–Crippen LogP) is 2.17. The molecule has 3 aromatic rings. The van der Waals surface area contributed by atoms with Crippen molar-refractivity contribution in [1.29, 1.82) is 0 Å². The standard InChI is InChI=1S/C25H27N5O5S/c1-15-12-17(36(33,34)30-9-7-29(8-10-30)16(2)31)13-19-23(15)27-14-20(25(26)32)24(19)28-21-4-3-5-22-18(21)6-11-35-22/h3-5,12-14H,6-11H2,1-2H3,(H2,26,32)(H,27,28). The van der Waals surface area contributed by atoms with Crippen LogP contribution in [-0.4, -0.2) is 67.2 Å². The zero-order valence-electron chi connectivity index (χ0n) is 20.1. The number of sulfonamides is 1. The Kier molecular flexibility index (Phi) is 6.05. The Morgan fingerprint density at radius 2 is 1.89 bits per heavy atom. The summed E-state index contributed by atoms with van der Waals surface area (Å²) in [6.45, 7) is 4.91. The quantitative estimate of drug-likeness (QED) is 0.538. The highest BCUT2D eigenvalue weighted by Gasteiger charge is 2.30. The van der Waals surface area contributed by atoms with Gasteiger partial charge in [-0.2, -0.15) is 4.31 Å². The maximum Gasteiger partial charge on any atom is 0.252 e. The van der Waals surface area contributed by atoms with E-state index in [1.54, 1.807) is 17.9 Å². The van der Waals surface area contributed by atoms with Crippen molar-refractivity contribution in [2.75, 3.05) is 38.1 Å². The lowest BCUT2D eigenvalue weighted by molar-refractivity contribution is -0.129. The van der Waals surface area contributed by atoms with E-state index in [1.807, 2.05) is 18.2 Å². The second-order valence-corrected chi connectivity index (χ2v) is 10.9. The Bertz CT molecular complexity index is 1500. The molecule has 0 saturated carbocycles. The summed E-state index contributed by atoms with van der Waals surface area (Å²) in [5, 5.41) is 3.80. The third kappa shape index (κ3) is 4.14. The first kappa shape index (κ1) is 24.0. The smallest absolute Gasteiger partial charge is 0.252 e. The van der Waals surface area contributed by atoms with E-state index in [0.29, 0.717) is 48.3 Å². The van der Waals surface area contributed by atoms with Crippen LogP contribution < -0.4 is 15.8 Å². The van der Waals surface area contributed by atoms with Gasteiger partial charge in [0.1, 0.15) is 5.75 Å². The van der Waals surface area contributed by atoms with E-state index in [9.17, 15) is 18.0 Å². The zero-order chi connectivity index (χ0) is 25.6. The summed E-state index contributed by atoms with van der Waals surface area (Å²) in [5.74, 6) is 0.0114. The minimum absolute atomic E-state index is 0.0767. The number of nitrogens with two attached hydrogens (primary N) is 1. The van der Waals surface area contributed by atoms with E-state index in [0.717, 1.165) is 17.0 Å². The molecule has 2 aliphatic rings. The number of rotatable bonds is 5. The molecule has 1 fully saturated rings. The molecule has 11 heteroatoms. The van der Waals surface area contributed by atoms with Crippen LogP contribution in [-0.2, 0) is 21.2 Å². The SMILES string of the molecule is CC(=O)N1CCN(S(=O)(=O)c2cc(C)c3ncc(C(N)=O)c(Nc4cccc5c4CCO5)c3c2)CC1. The molecular formula is C25H27N5O5S. The molecule has 0 bridgehead atoms. The van der Waals surface area contributed by atoms with Crippen LogP contribution in [0.2, 0.25) is 0 Å². The largest absolute Gasteiger partial charge is 0.493 e. The number of ether oxygens (including phenoxy) is 1. The number of anilines is 2. The number of benzene rings is 2. The van der Waals surface area contributed by atoms with Crippen molar-refractivity contribution in [3.05, 3.63) is 53.2 Å². The number of aromatic nitrogens is 1. The van der Waals surface area contributed by atoms with Gasteiger partial charge in [-0.25, -0.2) is 8.42 Å². The molecule has 5 rings (SSSR count). The van der Waals surface area contributed by atoms with Crippen LogP contribution in [0.15, 0.2) is 41.4 Å². The van der Waals surface area contributed by atoms with E-state index in [4.69, 9.17) is 10.5 Å². The minimum Gasteiger partial charge on any atom is -0.493 e. The molecule has 1 aromatic heterocycles. The number of piperazine rings is 1. The van der Waals surface area contributed by atoms with Gasteiger partial charge < -0.3 is 20.7 Å². The summed E-state index contributed by atoms with van der Waals surface area (Å²) in [7, 11) is -3.85. The van der Waals surface area contributed by atoms with Crippen LogP contribution in [0.1, 0.15) is 28.4 Å². The number of carbonyl (C=O) groups excluding carboxylic acids is 2. The van der Waals surface area contributed by atoms with Crippen molar-refractivity contribution in [3.63, 3.8) is 0 Å². The lowest BCUT2D eigenvalue weighted by atomic mass is 10.0. The van der Waals surface area contributed by atoms with Crippen LogP contribution in [0.25, 0.3) is 10.9 Å². The summed E-state index contributed by atoms with van der Waals surface area (Å²) in [6, 6.07) is 8.74. The van der Waals surface area contributed by atoms with Crippen LogP contribution in [0.5, 0.6) is 5.75 Å². The molecule has 36 heavy (non-hydrogen) atoms. The predicted molar refractivity (Wildman–Crippen MR) is 135 cm³/mol. The lowest BCUT2D eigenvalue weighted by Gasteiger charge is -2.33. The maximum absolute atomic E-state index is 13.6. The summed E-state index contributed by atoms with van der Waals surface area (Å²) in [5.41, 5.74) is 9.18. The summed E-state index contributed by atoms with van der Waals surface area (Å²) >= 11 is 0. The van der Waals surface area contributed by atoms with Crippen molar-refractivity contribution < 1.29 is 22.7 Å². The first-order valence-corrected chi connectivity index (χ1v) is 13.1. The van der Waals surface area contributed by atoms with Gasteiger partial charge in [0.15, 0.2) is 0 Å². The lowest BCUT2D eigenvalue weighted by Crippen LogP contribution is -2.49. The van der Waals surface area contributed by atoms with E-state index in [-0.39, 0.29) is 29.5 Å². The van der Waals surface area contributed by atoms with Gasteiger partial charge >= 0.3 is 0 Å². The summed E-state index contributed by atoms with van der Waals surface area (Å²) in [4.78, 5) is 30.2. The Morgan fingerprint density at radius 1 is 1.14 bits per heavy atom. The van der Waals surface area contributed by atoms with Gasteiger partial charge in [0, 0.05) is 62.4 Å². The van der Waals surface area contributed by atoms with Gasteiger partial charge in [-0.1, -0.05) is 6.07 Å². The fourth-order valence-electron chi connectivity index (χ4n) is 4.78. The van der Waals surface area contributed by atoms with E-state index in [1.165, 1.54) is 23.5 Å². The van der Waals surface area contributed by atoms with Gasteiger partial charge in [0.2, 0.25) is 15.9 Å². The number of fused-ring (bicyclic) bond motifs is 2. The molecule has 10 nitrogen and oxygen atoms in total. The van der Waals surface area contributed by atoms with Crippen LogP contribution in [0, 0.1) is 6.92 Å². The molecule has 3 heterocycles. The van der Waals surface area contributed by atoms with Crippen LogP contribution in [0.4, 0.5) is 11.4 Å². The maximum atomic E-state index is 13.6. The molecule has 188 valence electrons. The Labute approximate surface area is 209 Å². The van der Waals surface area contributed by atoms with Crippen molar-refractivity contribution >= 4 is 44.1 Å². The third-order valence-electron chi connectivity index (χ3n) is 6.72. The fourth-order valence-corrected chi connectivity index (χ4v) is 6.32. The summed E-state index contributed by atoms with van der Waals surface area (Å²) < 4.78 is 34.2. The molecule has 3 N–H and O–H groups in total. The Balaban J connectivity index is 1.61. The van der Waals surface area contributed by atoms with Gasteiger partial charge in [-0.15, -0.1) is 0 Å². The van der Waals surface area contributed by atoms with Gasteiger partial charge in [0.05, 0.1) is 28.3 Å². The molecular weight excluding hydrogens is 482 g/mol. The molecule has 2 aromatic carbocycles. The first-order chi connectivity index (χ1) is 17.2. The minimum atomic E-state index is -3.85. The van der Waals surface area contributed by atoms with Crippen LogP contribution in [0.3, 0.4) is 0 Å². The monoisotopic (exact) mass is 509 g/mol. The fraction of sp³-hybridized carbons (Fsp3) is 0.320. The molecule has 2 aliphatic heterocycles. The first-order valence-electron chi connectivity index (χ1n) is 11.7. The number of nitrogens with zero attached hydrogens (tertiary/aromatic N) is 3. The Morgan fingerprint density at radius 3 is 2.58 bits per heavy atom. The van der Waals surface area contributed by atoms with Gasteiger partial charge in [0.25, 0.3) is 5.91 Å². The molecule has 1 saturated heterocycles. The number of primary amides is 1. The number of hydrogen-bond donors (Lipinski definition) is 2. The number of pyridine rings is 1. The number of aryl methyl sites for hydroxylation is 1. The zero-order valence-corrected chi connectivity index (χ0v) is 20.9. The van der Waals surface area contributed by atoms with E-state index >= 15 is 0 Å². The number of carbonyl (C=O) groups is 2. The highest BCUT2D eigenvalue weighted by molar-refractivity contribution is 7.89. The number of nitrogens with one attached hydrogen (secondary N) is 1.